The molecule has 1 heterocycles. The zero-order valence-electron chi connectivity index (χ0n) is 29.4. The van der Waals surface area contributed by atoms with Gasteiger partial charge >= 0.3 is 12.2 Å². The second kappa shape index (κ2) is 15.9. The largest absolute Gasteiger partial charge is 0.449 e. The third-order valence-corrected chi connectivity index (χ3v) is 9.29. The Morgan fingerprint density at radius 2 is 1.59 bits per heavy atom. The van der Waals surface area contributed by atoms with Crippen LogP contribution in [0.3, 0.4) is 0 Å². The Kier molecular flexibility index (Phi) is 11.5. The van der Waals surface area contributed by atoms with Crippen molar-refractivity contribution in [3.63, 3.8) is 0 Å². The molecule has 3 aromatic carbocycles. The Hall–Kier alpha value is -6.08. The highest BCUT2D eigenvalue weighted by molar-refractivity contribution is 7.85. The van der Waals surface area contributed by atoms with Crippen LogP contribution in [0.15, 0.2) is 66.7 Å². The number of hydrogen-bond acceptors (Lipinski definition) is 11. The highest BCUT2D eigenvalue weighted by Gasteiger charge is 2.40. The average Bonchev–Trinajstić information content (AvgIpc) is 3.71. The fourth-order valence-electron chi connectivity index (χ4n) is 6.33. The summed E-state index contributed by atoms with van der Waals surface area (Å²) in [5, 5.41) is 16.5. The second-order valence-corrected chi connectivity index (χ2v) is 15.0. The molecule has 0 bridgehead atoms. The minimum absolute atomic E-state index is 0.0187. The third kappa shape index (κ3) is 9.47. The molecule has 54 heavy (non-hydrogen) atoms. The molecule has 1 saturated heterocycles. The topological polar surface area (TPSA) is 253 Å². The SMILES string of the molecule is CC(C)(C)OC(=O)NNC(=O)c1ccc(NC(=O)C2CCCN2C(=O)C(CS(=O)(=O)O)NC(=O)OCC2c3ccccc3-c3ccccc32)cc1[N+](=O)[O-]. The van der Waals surface area contributed by atoms with Crippen LogP contribution in [0.4, 0.5) is 21.0 Å². The number of anilines is 1. The maximum absolute atomic E-state index is 13.7. The molecule has 5 N–H and O–H groups in total. The molecule has 1 fully saturated rings. The quantitative estimate of drug-likeness (QED) is 0.113. The summed E-state index contributed by atoms with van der Waals surface area (Å²) >= 11 is 0. The number of rotatable bonds is 10. The molecule has 286 valence electrons. The number of nitrogens with zero attached hydrogens (tertiary/aromatic N) is 2. The van der Waals surface area contributed by atoms with Gasteiger partial charge in [-0.1, -0.05) is 48.5 Å². The third-order valence-electron chi connectivity index (χ3n) is 8.53. The normalized spacial score (nSPS) is 15.6. The van der Waals surface area contributed by atoms with E-state index in [0.717, 1.165) is 39.3 Å². The first-order valence-corrected chi connectivity index (χ1v) is 18.3. The van der Waals surface area contributed by atoms with Gasteiger partial charge in [0.2, 0.25) is 11.8 Å². The van der Waals surface area contributed by atoms with Crippen LogP contribution in [0.5, 0.6) is 0 Å². The fraction of sp³-hybridized carbons (Fsp3) is 0.343. The minimum atomic E-state index is -4.83. The number of ether oxygens (including phenoxy) is 2. The maximum Gasteiger partial charge on any atom is 0.426 e. The van der Waals surface area contributed by atoms with Crippen molar-refractivity contribution in [2.45, 2.75) is 57.2 Å². The number of hydrazine groups is 1. The second-order valence-electron chi connectivity index (χ2n) is 13.5. The highest BCUT2D eigenvalue weighted by atomic mass is 32.2. The number of fused-ring (bicyclic) bond motifs is 3. The molecule has 5 amide bonds. The number of alkyl carbamates (subject to hydrolysis) is 1. The molecule has 0 saturated carbocycles. The molecule has 0 spiro atoms. The van der Waals surface area contributed by atoms with Crippen LogP contribution in [0, 0.1) is 10.1 Å². The molecule has 3 aromatic rings. The van der Waals surface area contributed by atoms with E-state index in [1.807, 2.05) is 59.4 Å². The van der Waals surface area contributed by atoms with Crippen molar-refractivity contribution in [2.75, 3.05) is 24.2 Å². The van der Waals surface area contributed by atoms with E-state index in [2.05, 4.69) is 10.6 Å². The van der Waals surface area contributed by atoms with Gasteiger partial charge in [-0.25, -0.2) is 15.0 Å². The van der Waals surface area contributed by atoms with E-state index < -0.39 is 79.6 Å². The Balaban J connectivity index is 1.25. The summed E-state index contributed by atoms with van der Waals surface area (Å²) in [7, 11) is -4.83. The predicted octanol–water partition coefficient (Wildman–Crippen LogP) is 3.49. The Labute approximate surface area is 309 Å². The van der Waals surface area contributed by atoms with Crippen LogP contribution in [-0.2, 0) is 29.2 Å². The highest BCUT2D eigenvalue weighted by Crippen LogP contribution is 2.44. The van der Waals surface area contributed by atoms with Crippen molar-refractivity contribution >= 4 is 51.4 Å². The van der Waals surface area contributed by atoms with E-state index in [4.69, 9.17) is 9.47 Å². The summed E-state index contributed by atoms with van der Waals surface area (Å²) in [6.45, 7) is 4.61. The van der Waals surface area contributed by atoms with Crippen molar-refractivity contribution < 1.29 is 51.3 Å². The summed E-state index contributed by atoms with van der Waals surface area (Å²) in [6.07, 6.45) is -1.72. The van der Waals surface area contributed by atoms with Crippen molar-refractivity contribution in [1.82, 2.24) is 21.1 Å². The van der Waals surface area contributed by atoms with Crippen molar-refractivity contribution in [2.24, 2.45) is 0 Å². The zero-order chi connectivity index (χ0) is 39.4. The monoisotopic (exact) mass is 766 g/mol. The van der Waals surface area contributed by atoms with Crippen molar-refractivity contribution in [3.8, 4) is 11.1 Å². The van der Waals surface area contributed by atoms with Gasteiger partial charge in [0.1, 0.15) is 35.6 Å². The van der Waals surface area contributed by atoms with E-state index in [1.54, 1.807) is 20.8 Å². The van der Waals surface area contributed by atoms with Crippen molar-refractivity contribution in [3.05, 3.63) is 93.5 Å². The molecule has 2 aliphatic rings. The van der Waals surface area contributed by atoms with Crippen LogP contribution in [-0.4, -0.2) is 89.3 Å². The number of nitro groups is 1. The van der Waals surface area contributed by atoms with Gasteiger partial charge in [-0.2, -0.15) is 8.42 Å². The molecule has 18 nitrogen and oxygen atoms in total. The number of nitro benzene ring substituents is 1. The lowest BCUT2D eigenvalue weighted by Crippen LogP contribution is -2.55. The lowest BCUT2D eigenvalue weighted by molar-refractivity contribution is -0.385. The molecule has 2 atom stereocenters. The van der Waals surface area contributed by atoms with Gasteiger partial charge in [0.15, 0.2) is 0 Å². The Morgan fingerprint density at radius 1 is 0.963 bits per heavy atom. The zero-order valence-corrected chi connectivity index (χ0v) is 30.2. The molecule has 1 aliphatic heterocycles. The summed E-state index contributed by atoms with van der Waals surface area (Å²) < 4.78 is 44.0. The van der Waals surface area contributed by atoms with E-state index in [0.29, 0.717) is 6.42 Å². The molecule has 0 aromatic heterocycles. The molecule has 19 heteroatoms. The number of benzene rings is 3. The smallest absolute Gasteiger partial charge is 0.426 e. The van der Waals surface area contributed by atoms with E-state index in [-0.39, 0.29) is 31.2 Å². The van der Waals surface area contributed by atoms with Gasteiger partial charge in [-0.3, -0.25) is 34.5 Å². The summed E-state index contributed by atoms with van der Waals surface area (Å²) in [5.41, 5.74) is 5.60. The van der Waals surface area contributed by atoms with Crippen LogP contribution in [0.25, 0.3) is 11.1 Å². The van der Waals surface area contributed by atoms with E-state index >= 15 is 0 Å². The number of carbonyl (C=O) groups is 5. The summed E-state index contributed by atoms with van der Waals surface area (Å²) in [6, 6.07) is 15.3. The number of amides is 5. The van der Waals surface area contributed by atoms with Crippen LogP contribution in [0.1, 0.15) is 61.0 Å². The first-order valence-electron chi connectivity index (χ1n) is 16.7. The molecule has 5 rings (SSSR count). The number of hydrogen-bond donors (Lipinski definition) is 5. The molecule has 2 unspecified atom stereocenters. The van der Waals surface area contributed by atoms with Gasteiger partial charge in [-0.15, -0.1) is 0 Å². The summed E-state index contributed by atoms with van der Waals surface area (Å²) in [4.78, 5) is 76.6. The average molecular weight is 767 g/mol. The van der Waals surface area contributed by atoms with Gasteiger partial charge in [0.05, 0.1) is 4.92 Å². The van der Waals surface area contributed by atoms with Crippen molar-refractivity contribution in [1.29, 1.82) is 0 Å². The van der Waals surface area contributed by atoms with E-state index in [1.165, 1.54) is 6.07 Å². The minimum Gasteiger partial charge on any atom is -0.449 e. The number of nitrogens with one attached hydrogen (secondary N) is 4. The van der Waals surface area contributed by atoms with Gasteiger partial charge < -0.3 is 25.0 Å². The Morgan fingerprint density at radius 3 is 2.19 bits per heavy atom. The maximum atomic E-state index is 13.7. The van der Waals surface area contributed by atoms with Crippen LogP contribution in [0.2, 0.25) is 0 Å². The van der Waals surface area contributed by atoms with Gasteiger partial charge in [0.25, 0.3) is 21.7 Å². The molecule has 0 radical (unpaired) electrons. The molecular formula is C35H38N6O12S. The lowest BCUT2D eigenvalue weighted by atomic mass is 9.98. The van der Waals surface area contributed by atoms with E-state index in [9.17, 15) is 47.1 Å². The fourth-order valence-corrected chi connectivity index (χ4v) is 6.97. The summed E-state index contributed by atoms with van der Waals surface area (Å²) in [5.74, 6) is -4.38. The molecular weight excluding hydrogens is 728 g/mol. The number of carbonyl (C=O) groups excluding carboxylic acids is 5. The predicted molar refractivity (Wildman–Crippen MR) is 192 cm³/mol. The van der Waals surface area contributed by atoms with Gasteiger partial charge in [0, 0.05) is 24.2 Å². The number of likely N-dealkylation sites (tertiary alicyclic amines) is 1. The lowest BCUT2D eigenvalue weighted by Gasteiger charge is -2.28. The molecule has 1 aliphatic carbocycles. The van der Waals surface area contributed by atoms with Crippen LogP contribution < -0.4 is 21.5 Å². The standard InChI is InChI=1S/C35H38N6O12S/c1-35(2,3)53-34(46)39-38-30(42)25-15-14-20(17-29(25)41(47)48)36-31(43)28-13-8-16-40(28)32(44)27(19-54(49,50)51)37-33(45)52-18-26-23-11-6-4-9-21(23)22-10-5-7-12-24(22)26/h4-7,9-12,14-15,17,26-28H,8,13,16,18-19H2,1-3H3,(H,36,43)(H,37,45)(H,38,42)(H,39,46)(H,49,50,51). The first kappa shape index (κ1) is 39.1. The first-order chi connectivity index (χ1) is 25.4. The van der Waals surface area contributed by atoms with Crippen LogP contribution >= 0.6 is 0 Å². The Bertz CT molecular complexity index is 2060. The van der Waals surface area contributed by atoms with Gasteiger partial charge in [-0.05, 0) is 68.0 Å².